The van der Waals surface area contributed by atoms with Crippen LogP contribution in [0, 0.1) is 11.8 Å². The van der Waals surface area contributed by atoms with Crippen molar-refractivity contribution in [3.63, 3.8) is 0 Å². The molecule has 1 aromatic carbocycles. The number of carbonyl (C=O) groups excluding carboxylic acids is 1. The summed E-state index contributed by atoms with van der Waals surface area (Å²) in [7, 11) is 0. The number of carbonyl (C=O) groups is 1. The molecule has 0 unspecified atom stereocenters. The van der Waals surface area contributed by atoms with Gasteiger partial charge in [0, 0.05) is 19.6 Å². The van der Waals surface area contributed by atoms with Crippen LogP contribution in [0.2, 0.25) is 0 Å². The molecule has 1 aromatic rings. The first-order valence-corrected chi connectivity index (χ1v) is 8.40. The van der Waals surface area contributed by atoms with Gasteiger partial charge in [-0.15, -0.1) is 0 Å². The van der Waals surface area contributed by atoms with Crippen LogP contribution in [-0.4, -0.2) is 37.0 Å². The number of alkyl halides is 3. The fourth-order valence-electron chi connectivity index (χ4n) is 3.21. The van der Waals surface area contributed by atoms with E-state index < -0.39 is 11.7 Å². The predicted molar refractivity (Wildman–Crippen MR) is 87.5 cm³/mol. The van der Waals surface area contributed by atoms with Gasteiger partial charge in [0.25, 0.3) is 0 Å². The van der Waals surface area contributed by atoms with E-state index in [0.29, 0.717) is 18.4 Å². The molecule has 0 saturated carbocycles. The van der Waals surface area contributed by atoms with Crippen LogP contribution in [0.4, 0.5) is 13.2 Å². The van der Waals surface area contributed by atoms with Crippen molar-refractivity contribution in [3.05, 3.63) is 35.4 Å². The van der Waals surface area contributed by atoms with Gasteiger partial charge in [0.05, 0.1) is 12.0 Å². The Bertz CT molecular complexity index is 557. The number of hydrogen-bond donors (Lipinski definition) is 1. The lowest BCUT2D eigenvalue weighted by Gasteiger charge is -2.18. The number of hydrogen-bond acceptors (Lipinski definition) is 2. The summed E-state index contributed by atoms with van der Waals surface area (Å²) in [6.07, 6.45) is -3.65. The van der Waals surface area contributed by atoms with E-state index >= 15 is 0 Å². The molecule has 2 rings (SSSR count). The maximum absolute atomic E-state index is 12.9. The maximum atomic E-state index is 12.9. The predicted octanol–water partition coefficient (Wildman–Crippen LogP) is 3.34. The molecule has 0 spiro atoms. The lowest BCUT2D eigenvalue weighted by Crippen LogP contribution is -2.33. The highest BCUT2D eigenvalue weighted by atomic mass is 19.4. The topological polar surface area (TPSA) is 32.3 Å². The largest absolute Gasteiger partial charge is 0.416 e. The molecule has 0 radical (unpaired) electrons. The summed E-state index contributed by atoms with van der Waals surface area (Å²) in [5.41, 5.74) is -0.709. The fourth-order valence-corrected chi connectivity index (χ4v) is 3.21. The summed E-state index contributed by atoms with van der Waals surface area (Å²) in [4.78, 5) is 14.4. The van der Waals surface area contributed by atoms with Gasteiger partial charge in [0.2, 0.25) is 5.91 Å². The van der Waals surface area contributed by atoms with Crippen LogP contribution in [-0.2, 0) is 17.4 Å². The van der Waals surface area contributed by atoms with Crippen LogP contribution in [0.25, 0.3) is 0 Å². The van der Waals surface area contributed by atoms with Gasteiger partial charge >= 0.3 is 6.18 Å². The van der Waals surface area contributed by atoms with Gasteiger partial charge in [0.1, 0.15) is 0 Å². The number of amides is 1. The number of halogens is 3. The summed E-state index contributed by atoms with van der Waals surface area (Å²) in [5.74, 6) is 0.636. The first kappa shape index (κ1) is 18.8. The third kappa shape index (κ3) is 5.51. The van der Waals surface area contributed by atoms with E-state index in [0.717, 1.165) is 32.1 Å². The highest BCUT2D eigenvalue weighted by Gasteiger charge is 2.33. The van der Waals surface area contributed by atoms with Crippen molar-refractivity contribution in [1.82, 2.24) is 10.2 Å². The van der Waals surface area contributed by atoms with Gasteiger partial charge in [-0.25, -0.2) is 0 Å². The Morgan fingerprint density at radius 2 is 2.04 bits per heavy atom. The highest BCUT2D eigenvalue weighted by molar-refractivity contribution is 5.79. The van der Waals surface area contributed by atoms with Crippen molar-refractivity contribution in [2.24, 2.45) is 11.8 Å². The number of benzene rings is 1. The average molecular weight is 342 g/mol. The van der Waals surface area contributed by atoms with Crippen molar-refractivity contribution in [1.29, 1.82) is 0 Å². The van der Waals surface area contributed by atoms with Gasteiger partial charge in [-0.05, 0) is 36.4 Å². The first-order chi connectivity index (χ1) is 11.3. The molecule has 1 N–H and O–H groups in total. The first-order valence-electron chi connectivity index (χ1n) is 8.40. The zero-order valence-electron chi connectivity index (χ0n) is 14.2. The lowest BCUT2D eigenvalue weighted by atomic mass is 10.0. The summed E-state index contributed by atoms with van der Waals surface area (Å²) < 4.78 is 38.8. The molecule has 134 valence electrons. The van der Waals surface area contributed by atoms with E-state index in [2.05, 4.69) is 24.1 Å². The van der Waals surface area contributed by atoms with Gasteiger partial charge in [0.15, 0.2) is 0 Å². The lowest BCUT2D eigenvalue weighted by molar-refractivity contribution is -0.138. The van der Waals surface area contributed by atoms with Gasteiger partial charge in [-0.3, -0.25) is 4.79 Å². The Hall–Kier alpha value is -1.56. The van der Waals surface area contributed by atoms with Crippen molar-refractivity contribution in [2.75, 3.05) is 26.2 Å². The monoisotopic (exact) mass is 342 g/mol. The number of likely N-dealkylation sites (tertiary alicyclic amines) is 1. The minimum Gasteiger partial charge on any atom is -0.355 e. The van der Waals surface area contributed by atoms with Crippen molar-refractivity contribution >= 4 is 5.91 Å². The third-order valence-electron chi connectivity index (χ3n) is 4.25. The number of nitrogens with one attached hydrogen (secondary N) is 1. The molecule has 6 heteroatoms. The Morgan fingerprint density at radius 1 is 1.33 bits per heavy atom. The van der Waals surface area contributed by atoms with E-state index in [4.69, 9.17) is 0 Å². The summed E-state index contributed by atoms with van der Waals surface area (Å²) in [6, 6.07) is 5.25. The molecule has 0 bridgehead atoms. The second-order valence-corrected chi connectivity index (χ2v) is 6.94. The minimum atomic E-state index is -4.43. The molecule has 3 nitrogen and oxygen atoms in total. The van der Waals surface area contributed by atoms with Crippen molar-refractivity contribution in [2.45, 2.75) is 32.9 Å². The smallest absolute Gasteiger partial charge is 0.355 e. The van der Waals surface area contributed by atoms with Crippen LogP contribution >= 0.6 is 0 Å². The van der Waals surface area contributed by atoms with Gasteiger partial charge < -0.3 is 10.2 Å². The molecule has 1 aliphatic heterocycles. The average Bonchev–Trinajstić information content (AvgIpc) is 2.91. The van der Waals surface area contributed by atoms with Crippen LogP contribution < -0.4 is 5.32 Å². The van der Waals surface area contributed by atoms with Crippen LogP contribution in [0.3, 0.4) is 0 Å². The Kier molecular flexibility index (Phi) is 6.27. The molecule has 0 aliphatic carbocycles. The fraction of sp³-hybridized carbons (Fsp3) is 0.611. The minimum absolute atomic E-state index is 0.0235. The zero-order chi connectivity index (χ0) is 17.7. The molecule has 1 heterocycles. The van der Waals surface area contributed by atoms with E-state index in [1.165, 1.54) is 18.2 Å². The zero-order valence-corrected chi connectivity index (χ0v) is 14.2. The standard InChI is InChI=1S/C18H25F3N2O/c1-13(2)11-23-8-7-14(12-23)10-22-17(24)9-15-5-3-4-6-16(15)18(19,20)21/h3-6,13-14H,7-12H2,1-2H3,(H,22,24)/t14-/m0/s1. The van der Waals surface area contributed by atoms with Crippen molar-refractivity contribution in [3.8, 4) is 0 Å². The maximum Gasteiger partial charge on any atom is 0.416 e. The summed E-state index contributed by atoms with van der Waals surface area (Å²) in [5, 5.41) is 2.79. The van der Waals surface area contributed by atoms with E-state index in [1.54, 1.807) is 0 Å². The van der Waals surface area contributed by atoms with Crippen molar-refractivity contribution < 1.29 is 18.0 Å². The highest BCUT2D eigenvalue weighted by Crippen LogP contribution is 2.32. The molecular weight excluding hydrogens is 317 g/mol. The molecule has 1 saturated heterocycles. The Labute approximate surface area is 141 Å². The summed E-state index contributed by atoms with van der Waals surface area (Å²) >= 11 is 0. The second kappa shape index (κ2) is 8.01. The van der Waals surface area contributed by atoms with Crippen LogP contribution in [0.1, 0.15) is 31.4 Å². The normalized spacial score (nSPS) is 19.0. The summed E-state index contributed by atoms with van der Waals surface area (Å²) in [6.45, 7) is 7.89. The Morgan fingerprint density at radius 3 is 2.71 bits per heavy atom. The second-order valence-electron chi connectivity index (χ2n) is 6.94. The molecule has 1 fully saturated rings. The SMILES string of the molecule is CC(C)CN1CC[C@@H](CNC(=O)Cc2ccccc2C(F)(F)F)C1. The van der Waals surface area contributed by atoms with Crippen LogP contribution in [0.5, 0.6) is 0 Å². The molecular formula is C18H25F3N2O. The van der Waals surface area contributed by atoms with Gasteiger partial charge in [-0.1, -0.05) is 32.0 Å². The molecule has 24 heavy (non-hydrogen) atoms. The van der Waals surface area contributed by atoms with E-state index in [1.807, 2.05) is 0 Å². The Balaban J connectivity index is 1.83. The van der Waals surface area contributed by atoms with Gasteiger partial charge in [-0.2, -0.15) is 13.2 Å². The molecule has 1 atom stereocenters. The van der Waals surface area contributed by atoms with Crippen LogP contribution in [0.15, 0.2) is 24.3 Å². The number of nitrogens with zero attached hydrogens (tertiary/aromatic N) is 1. The van der Waals surface area contributed by atoms with E-state index in [-0.39, 0.29) is 17.9 Å². The molecule has 1 amide bonds. The quantitative estimate of drug-likeness (QED) is 0.860. The molecule has 1 aliphatic rings. The van der Waals surface area contributed by atoms with E-state index in [9.17, 15) is 18.0 Å². The molecule has 0 aromatic heterocycles. The number of rotatable bonds is 6. The third-order valence-corrected chi connectivity index (χ3v) is 4.25.